The zero-order chi connectivity index (χ0) is 19.8. The van der Waals surface area contributed by atoms with Crippen molar-refractivity contribution < 1.29 is 19.1 Å². The Kier molecular flexibility index (Phi) is 7.95. The van der Waals surface area contributed by atoms with Crippen LogP contribution < -0.4 is 14.8 Å². The smallest absolute Gasteiger partial charge is 0.225 e. The van der Waals surface area contributed by atoms with Gasteiger partial charge in [-0.1, -0.05) is 19.9 Å². The predicted molar refractivity (Wildman–Crippen MR) is 105 cm³/mol. The van der Waals surface area contributed by atoms with Crippen LogP contribution in [0.1, 0.15) is 45.6 Å². The number of benzene rings is 1. The number of aryl methyl sites for hydroxylation is 1. The summed E-state index contributed by atoms with van der Waals surface area (Å²) in [5, 5.41) is 3.11. The summed E-state index contributed by atoms with van der Waals surface area (Å²) in [4.78, 5) is 26.2. The highest BCUT2D eigenvalue weighted by Crippen LogP contribution is 2.28. The number of likely N-dealkylation sites (tertiary alicyclic amines) is 1. The van der Waals surface area contributed by atoms with Crippen molar-refractivity contribution in [3.63, 3.8) is 0 Å². The van der Waals surface area contributed by atoms with Gasteiger partial charge in [-0.05, 0) is 43.9 Å². The third kappa shape index (κ3) is 6.15. The quantitative estimate of drug-likeness (QED) is 0.758. The Hall–Kier alpha value is -2.24. The fraction of sp³-hybridized carbons (Fsp3) is 0.619. The molecule has 0 bridgehead atoms. The first-order valence-electron chi connectivity index (χ1n) is 9.82. The fourth-order valence-electron chi connectivity index (χ4n) is 3.31. The average Bonchev–Trinajstić information content (AvgIpc) is 2.67. The second-order valence-corrected chi connectivity index (χ2v) is 7.24. The van der Waals surface area contributed by atoms with Gasteiger partial charge in [0.15, 0.2) is 11.5 Å². The van der Waals surface area contributed by atoms with Gasteiger partial charge >= 0.3 is 0 Å². The van der Waals surface area contributed by atoms with Gasteiger partial charge in [-0.25, -0.2) is 0 Å². The molecule has 1 aromatic carbocycles. The minimum absolute atomic E-state index is 0.0299. The molecule has 0 radical (unpaired) electrons. The number of ether oxygens (including phenoxy) is 2. The first-order chi connectivity index (χ1) is 12.9. The molecule has 1 saturated heterocycles. The molecule has 0 aliphatic carbocycles. The number of nitrogens with zero attached hydrogens (tertiary/aromatic N) is 1. The molecule has 1 aliphatic heterocycles. The molecular formula is C21H32N2O4. The zero-order valence-electron chi connectivity index (χ0n) is 16.9. The number of piperidine rings is 1. The third-order valence-electron chi connectivity index (χ3n) is 4.83. The lowest BCUT2D eigenvalue weighted by atomic mass is 10.0. The van der Waals surface area contributed by atoms with Crippen LogP contribution in [0.3, 0.4) is 0 Å². The summed E-state index contributed by atoms with van der Waals surface area (Å²) in [6, 6.07) is 5.94. The maximum absolute atomic E-state index is 12.3. The van der Waals surface area contributed by atoms with Crippen molar-refractivity contribution in [3.8, 4) is 11.5 Å². The first kappa shape index (κ1) is 21.1. The molecule has 0 atom stereocenters. The summed E-state index contributed by atoms with van der Waals surface area (Å²) in [6.45, 7) is 7.80. The Balaban J connectivity index is 1.78. The third-order valence-corrected chi connectivity index (χ3v) is 4.83. The van der Waals surface area contributed by atoms with Crippen molar-refractivity contribution in [2.45, 2.75) is 52.5 Å². The van der Waals surface area contributed by atoms with Crippen LogP contribution in [0, 0.1) is 5.92 Å². The molecule has 1 heterocycles. The number of methoxy groups -OCH3 is 1. The SMILES string of the molecule is CCOc1ccc(CCC(=O)NC2CCN(C(=O)C(C)C)CC2)cc1OC. The first-order valence-corrected chi connectivity index (χ1v) is 9.82. The Morgan fingerprint density at radius 2 is 1.93 bits per heavy atom. The number of carbonyl (C=O) groups is 2. The molecule has 150 valence electrons. The summed E-state index contributed by atoms with van der Waals surface area (Å²) in [5.74, 6) is 1.69. The predicted octanol–water partition coefficient (Wildman–Crippen LogP) is 2.79. The van der Waals surface area contributed by atoms with Gasteiger partial charge < -0.3 is 19.7 Å². The molecule has 2 rings (SSSR count). The Labute approximate surface area is 162 Å². The molecular weight excluding hydrogens is 344 g/mol. The number of hydrogen-bond acceptors (Lipinski definition) is 4. The molecule has 6 nitrogen and oxygen atoms in total. The van der Waals surface area contributed by atoms with E-state index >= 15 is 0 Å². The van der Waals surface area contributed by atoms with Crippen LogP contribution in [0.15, 0.2) is 18.2 Å². The lowest BCUT2D eigenvalue weighted by molar-refractivity contribution is -0.135. The molecule has 6 heteroatoms. The van der Waals surface area contributed by atoms with Crippen LogP contribution in [0.2, 0.25) is 0 Å². The van der Waals surface area contributed by atoms with E-state index in [9.17, 15) is 9.59 Å². The largest absolute Gasteiger partial charge is 0.493 e. The number of carbonyl (C=O) groups excluding carboxylic acids is 2. The van der Waals surface area contributed by atoms with Gasteiger partial charge in [-0.15, -0.1) is 0 Å². The maximum Gasteiger partial charge on any atom is 0.225 e. The van der Waals surface area contributed by atoms with Gasteiger partial charge in [0.25, 0.3) is 0 Å². The van der Waals surface area contributed by atoms with E-state index in [0.717, 1.165) is 37.2 Å². The van der Waals surface area contributed by atoms with Crippen molar-refractivity contribution in [3.05, 3.63) is 23.8 Å². The molecule has 1 aromatic rings. The van der Waals surface area contributed by atoms with Crippen molar-refractivity contribution >= 4 is 11.8 Å². The van der Waals surface area contributed by atoms with Crippen LogP contribution in [-0.2, 0) is 16.0 Å². The van der Waals surface area contributed by atoms with Crippen molar-refractivity contribution in [2.75, 3.05) is 26.8 Å². The Morgan fingerprint density at radius 1 is 1.22 bits per heavy atom. The monoisotopic (exact) mass is 376 g/mol. The van der Waals surface area contributed by atoms with Crippen molar-refractivity contribution in [1.29, 1.82) is 0 Å². The summed E-state index contributed by atoms with van der Waals surface area (Å²) in [6.07, 6.45) is 2.73. The second-order valence-electron chi connectivity index (χ2n) is 7.24. The Morgan fingerprint density at radius 3 is 2.52 bits per heavy atom. The average molecular weight is 376 g/mol. The molecule has 2 amide bonds. The minimum atomic E-state index is 0.0299. The van der Waals surface area contributed by atoms with E-state index < -0.39 is 0 Å². The van der Waals surface area contributed by atoms with Crippen LogP contribution in [0.4, 0.5) is 0 Å². The Bertz CT molecular complexity index is 637. The van der Waals surface area contributed by atoms with E-state index in [1.165, 1.54) is 0 Å². The highest BCUT2D eigenvalue weighted by molar-refractivity contribution is 5.78. The molecule has 1 fully saturated rings. The van der Waals surface area contributed by atoms with Crippen LogP contribution in [-0.4, -0.2) is 49.6 Å². The van der Waals surface area contributed by atoms with E-state index in [1.807, 2.05) is 43.9 Å². The maximum atomic E-state index is 12.3. The lowest BCUT2D eigenvalue weighted by Gasteiger charge is -2.33. The van der Waals surface area contributed by atoms with Gasteiger partial charge in [-0.2, -0.15) is 0 Å². The number of hydrogen-bond donors (Lipinski definition) is 1. The molecule has 27 heavy (non-hydrogen) atoms. The summed E-state index contributed by atoms with van der Waals surface area (Å²) >= 11 is 0. The van der Waals surface area contributed by atoms with Crippen LogP contribution in [0.5, 0.6) is 11.5 Å². The van der Waals surface area contributed by atoms with E-state index in [1.54, 1.807) is 7.11 Å². The standard InChI is InChI=1S/C21H32N2O4/c1-5-27-18-8-6-16(14-19(18)26-4)7-9-20(24)22-17-10-12-23(13-11-17)21(25)15(2)3/h6,8,14-15,17H,5,7,9-13H2,1-4H3,(H,22,24). The zero-order valence-corrected chi connectivity index (χ0v) is 16.9. The molecule has 0 saturated carbocycles. The van der Waals surface area contributed by atoms with Gasteiger partial charge in [-0.3, -0.25) is 9.59 Å². The van der Waals surface area contributed by atoms with Crippen LogP contribution in [0.25, 0.3) is 0 Å². The van der Waals surface area contributed by atoms with Crippen LogP contribution >= 0.6 is 0 Å². The summed E-state index contributed by atoms with van der Waals surface area (Å²) < 4.78 is 10.9. The van der Waals surface area contributed by atoms with E-state index in [0.29, 0.717) is 25.2 Å². The van der Waals surface area contributed by atoms with Crippen molar-refractivity contribution in [2.24, 2.45) is 5.92 Å². The summed E-state index contributed by atoms with van der Waals surface area (Å²) in [7, 11) is 1.62. The van der Waals surface area contributed by atoms with E-state index in [4.69, 9.17) is 9.47 Å². The highest BCUT2D eigenvalue weighted by atomic mass is 16.5. The molecule has 0 unspecified atom stereocenters. The van der Waals surface area contributed by atoms with E-state index in [2.05, 4.69) is 5.32 Å². The van der Waals surface area contributed by atoms with Crippen molar-refractivity contribution in [1.82, 2.24) is 10.2 Å². The van der Waals surface area contributed by atoms with Gasteiger partial charge in [0.05, 0.1) is 13.7 Å². The highest BCUT2D eigenvalue weighted by Gasteiger charge is 2.25. The fourth-order valence-corrected chi connectivity index (χ4v) is 3.31. The minimum Gasteiger partial charge on any atom is -0.493 e. The molecule has 0 aromatic heterocycles. The van der Waals surface area contributed by atoms with Gasteiger partial charge in [0, 0.05) is 31.5 Å². The number of amides is 2. The molecule has 1 N–H and O–H groups in total. The second kappa shape index (κ2) is 10.2. The molecule has 1 aliphatic rings. The molecule has 0 spiro atoms. The lowest BCUT2D eigenvalue weighted by Crippen LogP contribution is -2.47. The normalized spacial score (nSPS) is 14.9. The number of nitrogens with one attached hydrogen (secondary N) is 1. The summed E-state index contributed by atoms with van der Waals surface area (Å²) in [5.41, 5.74) is 1.04. The topological polar surface area (TPSA) is 67.9 Å². The van der Waals surface area contributed by atoms with Gasteiger partial charge in [0.1, 0.15) is 0 Å². The number of rotatable bonds is 8. The van der Waals surface area contributed by atoms with Gasteiger partial charge in [0.2, 0.25) is 11.8 Å². The van der Waals surface area contributed by atoms with E-state index in [-0.39, 0.29) is 23.8 Å².